The van der Waals surface area contributed by atoms with Gasteiger partial charge in [0.2, 0.25) is 11.7 Å². The number of benzene rings is 2. The number of alkyl halides is 3. The van der Waals surface area contributed by atoms with Crippen molar-refractivity contribution in [2.24, 2.45) is 0 Å². The van der Waals surface area contributed by atoms with E-state index in [1.54, 1.807) is 17.2 Å². The first kappa shape index (κ1) is 26.9. The van der Waals surface area contributed by atoms with Crippen molar-refractivity contribution in [2.75, 3.05) is 36.8 Å². The largest absolute Gasteiger partial charge is 0.461 e. The first-order chi connectivity index (χ1) is 18.8. The van der Waals surface area contributed by atoms with Crippen molar-refractivity contribution in [3.8, 4) is 17.3 Å². The Bertz CT molecular complexity index is 1410. The molecule has 0 radical (unpaired) electrons. The van der Waals surface area contributed by atoms with Crippen LogP contribution in [-0.4, -0.2) is 57.5 Å². The Balaban J connectivity index is 1.15. The van der Waals surface area contributed by atoms with Gasteiger partial charge in [-0.2, -0.15) is 13.2 Å². The van der Waals surface area contributed by atoms with Gasteiger partial charge >= 0.3 is 6.18 Å². The lowest BCUT2D eigenvalue weighted by Crippen LogP contribution is -2.48. The second-order valence-corrected chi connectivity index (χ2v) is 10.4. The number of anilines is 1. The Kier molecular flexibility index (Phi) is 7.97. The first-order valence-corrected chi connectivity index (χ1v) is 13.7. The van der Waals surface area contributed by atoms with Gasteiger partial charge in [0.1, 0.15) is 0 Å². The molecule has 0 N–H and O–H groups in total. The van der Waals surface area contributed by atoms with Crippen molar-refractivity contribution in [3.63, 3.8) is 0 Å². The molecule has 0 spiro atoms. The molecule has 1 aliphatic heterocycles. The smallest absolute Gasteiger partial charge is 0.416 e. The van der Waals surface area contributed by atoms with Crippen LogP contribution in [0.15, 0.2) is 76.5 Å². The van der Waals surface area contributed by atoms with Crippen LogP contribution in [0.3, 0.4) is 0 Å². The maximum Gasteiger partial charge on any atom is 0.416 e. The van der Waals surface area contributed by atoms with Crippen molar-refractivity contribution < 1.29 is 22.4 Å². The molecule has 0 unspecified atom stereocenters. The lowest BCUT2D eigenvalue weighted by Gasteiger charge is -2.36. The van der Waals surface area contributed by atoms with Crippen LogP contribution in [-0.2, 0) is 11.0 Å². The molecule has 4 aromatic rings. The number of furan rings is 1. The normalized spacial score (nSPS) is 14.2. The van der Waals surface area contributed by atoms with Gasteiger partial charge in [-0.25, -0.2) is 0 Å². The summed E-state index contributed by atoms with van der Waals surface area (Å²) < 4.78 is 46.7. The minimum atomic E-state index is -4.38. The molecule has 2 aromatic heterocycles. The minimum Gasteiger partial charge on any atom is -0.461 e. The van der Waals surface area contributed by atoms with Crippen LogP contribution in [0.2, 0.25) is 0 Å². The summed E-state index contributed by atoms with van der Waals surface area (Å²) in [5.74, 6) is 1.96. The predicted octanol–water partition coefficient (Wildman–Crippen LogP) is 6.08. The number of nitrogens with zero attached hydrogens (tertiary/aromatic N) is 5. The molecular formula is C28H28F3N5O2S. The van der Waals surface area contributed by atoms with Crippen LogP contribution >= 0.6 is 11.8 Å². The number of hydrogen-bond acceptors (Lipinski definition) is 6. The van der Waals surface area contributed by atoms with Gasteiger partial charge in [0.15, 0.2) is 10.9 Å². The van der Waals surface area contributed by atoms with E-state index >= 15 is 0 Å². The summed E-state index contributed by atoms with van der Waals surface area (Å²) in [5.41, 5.74) is 1.91. The van der Waals surface area contributed by atoms with E-state index in [1.807, 2.05) is 46.7 Å². The molecule has 39 heavy (non-hydrogen) atoms. The number of thioether (sulfide) groups is 1. The summed E-state index contributed by atoms with van der Waals surface area (Å²) in [5, 5.41) is 9.46. The number of aromatic nitrogens is 3. The molecule has 1 aliphatic rings. The quantitative estimate of drug-likeness (QED) is 0.194. The zero-order chi connectivity index (χ0) is 27.4. The highest BCUT2D eigenvalue weighted by Gasteiger charge is 2.31. The molecule has 204 valence electrons. The molecule has 1 fully saturated rings. The summed E-state index contributed by atoms with van der Waals surface area (Å²) in [6.45, 7) is 3.99. The minimum absolute atomic E-state index is 0.0516. The van der Waals surface area contributed by atoms with Crippen molar-refractivity contribution >= 4 is 23.4 Å². The average molecular weight is 556 g/mol. The van der Waals surface area contributed by atoms with E-state index in [0.29, 0.717) is 67.2 Å². The van der Waals surface area contributed by atoms with E-state index in [4.69, 9.17) is 4.42 Å². The van der Waals surface area contributed by atoms with Crippen molar-refractivity contribution in [1.82, 2.24) is 19.7 Å². The summed E-state index contributed by atoms with van der Waals surface area (Å²) in [7, 11) is 0. The van der Waals surface area contributed by atoms with Gasteiger partial charge in [-0.05, 0) is 61.4 Å². The summed E-state index contributed by atoms with van der Waals surface area (Å²) >= 11 is 1.53. The third-order valence-electron chi connectivity index (χ3n) is 6.57. The van der Waals surface area contributed by atoms with Crippen molar-refractivity contribution in [1.29, 1.82) is 0 Å². The van der Waals surface area contributed by atoms with E-state index in [9.17, 15) is 18.0 Å². The monoisotopic (exact) mass is 555 g/mol. The zero-order valence-corrected chi connectivity index (χ0v) is 22.2. The van der Waals surface area contributed by atoms with Crippen LogP contribution in [0.1, 0.15) is 24.0 Å². The second kappa shape index (κ2) is 11.6. The Hall–Kier alpha value is -3.73. The molecule has 7 nitrogen and oxygen atoms in total. The highest BCUT2D eigenvalue weighted by Crippen LogP contribution is 2.32. The SMILES string of the molecule is Cc1cccc(-n2c(SCCCC(=O)N3CCN(c4cccc(C(F)(F)F)c4)CC3)nnc2-c2ccco2)c1. The van der Waals surface area contributed by atoms with Gasteiger partial charge in [0.25, 0.3) is 0 Å². The lowest BCUT2D eigenvalue weighted by atomic mass is 10.1. The molecule has 1 saturated heterocycles. The number of rotatable bonds is 8. The Morgan fingerprint density at radius 3 is 2.46 bits per heavy atom. The van der Waals surface area contributed by atoms with Crippen LogP contribution in [0.25, 0.3) is 17.3 Å². The number of hydrogen-bond donors (Lipinski definition) is 0. The molecular weight excluding hydrogens is 527 g/mol. The molecule has 2 aromatic carbocycles. The number of aryl methyl sites for hydroxylation is 1. The molecule has 0 atom stereocenters. The molecule has 0 bridgehead atoms. The van der Waals surface area contributed by atoms with Crippen LogP contribution in [0.5, 0.6) is 0 Å². The van der Waals surface area contributed by atoms with Gasteiger partial charge in [-0.3, -0.25) is 9.36 Å². The summed E-state index contributed by atoms with van der Waals surface area (Å²) in [4.78, 5) is 16.5. The third-order valence-corrected chi connectivity index (χ3v) is 7.59. The standard InChI is InChI=1S/C28H28F3N5O2S/c1-20-6-2-9-23(18-20)36-26(24-10-4-16-38-24)32-33-27(36)39-17-5-11-25(37)35-14-12-34(13-15-35)22-8-3-7-21(19-22)28(29,30)31/h2-4,6-10,16,18-19H,5,11-15,17H2,1H3. The van der Waals surface area contributed by atoms with Gasteiger partial charge < -0.3 is 14.2 Å². The summed E-state index contributed by atoms with van der Waals surface area (Å²) in [6, 6.07) is 17.1. The van der Waals surface area contributed by atoms with Crippen molar-refractivity contribution in [3.05, 3.63) is 78.1 Å². The number of carbonyl (C=O) groups is 1. The van der Waals surface area contributed by atoms with Crippen LogP contribution in [0.4, 0.5) is 18.9 Å². The number of halogens is 3. The fraction of sp³-hybridized carbons (Fsp3) is 0.321. The highest BCUT2D eigenvalue weighted by atomic mass is 32.2. The Morgan fingerprint density at radius 1 is 0.974 bits per heavy atom. The van der Waals surface area contributed by atoms with Gasteiger partial charge in [-0.15, -0.1) is 10.2 Å². The van der Waals surface area contributed by atoms with Crippen LogP contribution < -0.4 is 4.90 Å². The van der Waals surface area contributed by atoms with E-state index in [1.165, 1.54) is 23.9 Å². The molecule has 0 saturated carbocycles. The van der Waals surface area contributed by atoms with Crippen LogP contribution in [0, 0.1) is 6.92 Å². The fourth-order valence-electron chi connectivity index (χ4n) is 4.57. The predicted molar refractivity (Wildman–Crippen MR) is 144 cm³/mol. The number of piperazine rings is 1. The average Bonchev–Trinajstić information content (AvgIpc) is 3.61. The molecule has 11 heteroatoms. The van der Waals surface area contributed by atoms with E-state index in [0.717, 1.165) is 17.3 Å². The lowest BCUT2D eigenvalue weighted by molar-refractivity contribution is -0.137. The van der Waals surface area contributed by atoms with Gasteiger partial charge in [-0.1, -0.05) is 30.0 Å². The maximum absolute atomic E-state index is 13.1. The van der Waals surface area contributed by atoms with Crippen molar-refractivity contribution in [2.45, 2.75) is 31.1 Å². The van der Waals surface area contributed by atoms with Gasteiger partial charge in [0, 0.05) is 44.0 Å². The van der Waals surface area contributed by atoms with Gasteiger partial charge in [0.05, 0.1) is 17.5 Å². The fourth-order valence-corrected chi connectivity index (χ4v) is 5.46. The second-order valence-electron chi connectivity index (χ2n) is 9.33. The maximum atomic E-state index is 13.1. The molecule has 3 heterocycles. The first-order valence-electron chi connectivity index (χ1n) is 12.7. The molecule has 1 amide bonds. The Labute approximate surface area is 228 Å². The number of carbonyl (C=O) groups excluding carboxylic acids is 1. The number of amides is 1. The summed E-state index contributed by atoms with van der Waals surface area (Å²) in [6.07, 6.45) is -1.73. The van der Waals surface area contributed by atoms with E-state index in [-0.39, 0.29) is 5.91 Å². The third kappa shape index (κ3) is 6.30. The Morgan fingerprint density at radius 2 is 1.74 bits per heavy atom. The molecule has 5 rings (SSSR count). The topological polar surface area (TPSA) is 67.4 Å². The zero-order valence-electron chi connectivity index (χ0n) is 21.4. The van der Waals surface area contributed by atoms with E-state index < -0.39 is 11.7 Å². The van der Waals surface area contributed by atoms with E-state index in [2.05, 4.69) is 16.3 Å². The highest BCUT2D eigenvalue weighted by molar-refractivity contribution is 7.99. The molecule has 0 aliphatic carbocycles.